The predicted octanol–water partition coefficient (Wildman–Crippen LogP) is 5.02. The van der Waals surface area contributed by atoms with Crippen LogP contribution in [-0.4, -0.2) is 47.6 Å². The van der Waals surface area contributed by atoms with E-state index in [-0.39, 0.29) is 0 Å². The van der Waals surface area contributed by atoms with E-state index < -0.39 is 0 Å². The third-order valence-corrected chi connectivity index (χ3v) is 6.12. The van der Waals surface area contributed by atoms with Gasteiger partial charge in [-0.2, -0.15) is 4.98 Å². The second-order valence-electron chi connectivity index (χ2n) is 7.05. The minimum absolute atomic E-state index is 0.435. The Labute approximate surface area is 186 Å². The Kier molecular flexibility index (Phi) is 6.62. The van der Waals surface area contributed by atoms with Crippen LogP contribution in [0.15, 0.2) is 59.5 Å². The van der Waals surface area contributed by atoms with Crippen LogP contribution in [0.1, 0.15) is 5.56 Å². The van der Waals surface area contributed by atoms with Gasteiger partial charge in [0.1, 0.15) is 16.7 Å². The third kappa shape index (κ3) is 5.36. The van der Waals surface area contributed by atoms with E-state index in [4.69, 9.17) is 16.3 Å². The number of benzene rings is 2. The van der Waals surface area contributed by atoms with Crippen molar-refractivity contribution >= 4 is 41.0 Å². The summed E-state index contributed by atoms with van der Waals surface area (Å²) >= 11 is 8.04. The van der Waals surface area contributed by atoms with E-state index in [1.807, 2.05) is 24.3 Å². The molecule has 0 spiro atoms. The Balaban J connectivity index is 1.37. The Bertz CT molecular complexity index is 976. The number of hydrogen-bond donors (Lipinski definition) is 1. The molecule has 156 valence electrons. The topological polar surface area (TPSA) is 53.5 Å². The zero-order valence-electron chi connectivity index (χ0n) is 17.0. The number of halogens is 1. The number of ether oxygens (including phenoxy) is 1. The first-order valence-corrected chi connectivity index (χ1v) is 10.9. The van der Waals surface area contributed by atoms with Crippen molar-refractivity contribution in [1.82, 2.24) is 14.3 Å². The molecule has 3 aromatic rings. The van der Waals surface area contributed by atoms with Crippen molar-refractivity contribution in [2.24, 2.45) is 0 Å². The molecular weight excluding hydrogens is 418 g/mol. The van der Waals surface area contributed by atoms with Gasteiger partial charge in [-0.25, -0.2) is 9.29 Å². The highest BCUT2D eigenvalue weighted by Gasteiger charge is 2.20. The molecule has 0 radical (unpaired) electrons. The van der Waals surface area contributed by atoms with E-state index in [0.717, 1.165) is 37.6 Å². The molecule has 1 fully saturated rings. The minimum atomic E-state index is 0.435. The summed E-state index contributed by atoms with van der Waals surface area (Å²) in [5.74, 6) is 2.23. The van der Waals surface area contributed by atoms with Gasteiger partial charge in [-0.1, -0.05) is 29.3 Å². The molecule has 0 saturated carbocycles. The van der Waals surface area contributed by atoms with Crippen LogP contribution in [-0.2, 0) is 0 Å². The molecule has 0 aliphatic carbocycles. The fraction of sp³-hybridized carbons (Fsp3) is 0.273. The van der Waals surface area contributed by atoms with E-state index in [2.05, 4.69) is 55.7 Å². The number of nitrogens with zero attached hydrogens (tertiary/aromatic N) is 4. The van der Waals surface area contributed by atoms with E-state index in [1.54, 1.807) is 25.1 Å². The van der Waals surface area contributed by atoms with Crippen LogP contribution in [0.5, 0.6) is 5.75 Å². The van der Waals surface area contributed by atoms with E-state index >= 15 is 0 Å². The number of hydrogen-bond acceptors (Lipinski definition) is 7. The molecule has 30 heavy (non-hydrogen) atoms. The smallest absolute Gasteiger partial charge is 0.228 e. The van der Waals surface area contributed by atoms with Crippen LogP contribution in [0.25, 0.3) is 0 Å². The van der Waals surface area contributed by atoms with Crippen LogP contribution in [0.2, 0.25) is 5.15 Å². The summed E-state index contributed by atoms with van der Waals surface area (Å²) in [6.45, 7) is 5.57. The van der Waals surface area contributed by atoms with Gasteiger partial charge in [0.25, 0.3) is 0 Å². The lowest BCUT2D eigenvalue weighted by Crippen LogP contribution is -2.44. The molecule has 0 bridgehead atoms. The van der Waals surface area contributed by atoms with Crippen molar-refractivity contribution in [3.63, 3.8) is 0 Å². The molecule has 0 atom stereocenters. The summed E-state index contributed by atoms with van der Waals surface area (Å²) in [4.78, 5) is 12.5. The number of aromatic nitrogens is 2. The lowest BCUT2D eigenvalue weighted by molar-refractivity contribution is 0.414. The van der Waals surface area contributed by atoms with E-state index in [0.29, 0.717) is 16.9 Å². The summed E-state index contributed by atoms with van der Waals surface area (Å²) in [5, 5.41) is 3.75. The van der Waals surface area contributed by atoms with Gasteiger partial charge in [-0.3, -0.25) is 0 Å². The van der Waals surface area contributed by atoms with Gasteiger partial charge in [-0.15, -0.1) is 0 Å². The molecule has 8 heteroatoms. The number of piperazine rings is 1. The fourth-order valence-corrected chi connectivity index (χ4v) is 4.24. The molecule has 4 rings (SSSR count). The molecule has 0 unspecified atom stereocenters. The van der Waals surface area contributed by atoms with Gasteiger partial charge in [0, 0.05) is 42.8 Å². The van der Waals surface area contributed by atoms with E-state index in [9.17, 15) is 0 Å². The first-order chi connectivity index (χ1) is 14.6. The predicted molar refractivity (Wildman–Crippen MR) is 124 cm³/mol. The van der Waals surface area contributed by atoms with Crippen LogP contribution >= 0.6 is 23.5 Å². The summed E-state index contributed by atoms with van der Waals surface area (Å²) in [6, 6.07) is 18.1. The second kappa shape index (κ2) is 9.55. The number of aryl methyl sites for hydroxylation is 1. The van der Waals surface area contributed by atoms with Crippen molar-refractivity contribution in [2.75, 3.05) is 43.5 Å². The van der Waals surface area contributed by atoms with Crippen molar-refractivity contribution in [1.29, 1.82) is 0 Å². The molecule has 1 aliphatic heterocycles. The van der Waals surface area contributed by atoms with Crippen molar-refractivity contribution in [2.45, 2.75) is 11.8 Å². The quantitative estimate of drug-likeness (QED) is 0.425. The average Bonchev–Trinajstić information content (AvgIpc) is 2.76. The molecular formula is C22H24ClN5OS. The SMILES string of the molecule is COc1ccc(SN2CCN(c3nc(Cl)cc(Nc4ccc(C)cc4)n3)CC2)cc1. The first kappa shape index (κ1) is 20.8. The average molecular weight is 442 g/mol. The minimum Gasteiger partial charge on any atom is -0.497 e. The van der Waals surface area contributed by atoms with Crippen molar-refractivity contribution in [3.8, 4) is 5.75 Å². The second-order valence-corrected chi connectivity index (χ2v) is 8.61. The summed E-state index contributed by atoms with van der Waals surface area (Å²) in [5.41, 5.74) is 2.19. The number of anilines is 3. The van der Waals surface area contributed by atoms with Gasteiger partial charge in [0.2, 0.25) is 5.95 Å². The van der Waals surface area contributed by atoms with Gasteiger partial charge in [-0.05, 0) is 55.3 Å². The maximum absolute atomic E-state index is 6.28. The normalized spacial score (nSPS) is 14.6. The highest BCUT2D eigenvalue weighted by atomic mass is 35.5. The van der Waals surface area contributed by atoms with Crippen LogP contribution in [0.4, 0.5) is 17.5 Å². The Morgan fingerprint density at radius 2 is 1.67 bits per heavy atom. The first-order valence-electron chi connectivity index (χ1n) is 9.79. The lowest BCUT2D eigenvalue weighted by Gasteiger charge is -2.34. The highest BCUT2D eigenvalue weighted by molar-refractivity contribution is 7.97. The fourth-order valence-electron chi connectivity index (χ4n) is 3.16. The molecule has 2 heterocycles. The third-order valence-electron chi connectivity index (χ3n) is 4.82. The number of nitrogens with one attached hydrogen (secondary N) is 1. The van der Waals surface area contributed by atoms with Crippen LogP contribution in [0, 0.1) is 6.92 Å². The summed E-state index contributed by atoms with van der Waals surface area (Å²) < 4.78 is 7.58. The number of rotatable bonds is 6. The van der Waals surface area contributed by atoms with Gasteiger partial charge in [0.05, 0.1) is 7.11 Å². The molecule has 1 saturated heterocycles. The van der Waals surface area contributed by atoms with Gasteiger partial charge < -0.3 is 15.0 Å². The van der Waals surface area contributed by atoms with E-state index in [1.165, 1.54) is 10.5 Å². The molecule has 0 amide bonds. The zero-order chi connectivity index (χ0) is 20.9. The Morgan fingerprint density at radius 3 is 2.33 bits per heavy atom. The maximum Gasteiger partial charge on any atom is 0.228 e. The maximum atomic E-state index is 6.28. The van der Waals surface area contributed by atoms with Crippen LogP contribution in [0.3, 0.4) is 0 Å². The lowest BCUT2D eigenvalue weighted by atomic mass is 10.2. The summed E-state index contributed by atoms with van der Waals surface area (Å²) in [6.07, 6.45) is 0. The van der Waals surface area contributed by atoms with Gasteiger partial charge in [0.15, 0.2) is 0 Å². The van der Waals surface area contributed by atoms with Gasteiger partial charge >= 0.3 is 0 Å². The molecule has 1 N–H and O–H groups in total. The van der Waals surface area contributed by atoms with Crippen LogP contribution < -0.4 is 15.0 Å². The highest BCUT2D eigenvalue weighted by Crippen LogP contribution is 2.27. The zero-order valence-corrected chi connectivity index (χ0v) is 18.6. The monoisotopic (exact) mass is 441 g/mol. The molecule has 1 aromatic heterocycles. The molecule has 6 nitrogen and oxygen atoms in total. The largest absolute Gasteiger partial charge is 0.497 e. The Morgan fingerprint density at radius 1 is 0.967 bits per heavy atom. The summed E-state index contributed by atoms with van der Waals surface area (Å²) in [7, 11) is 1.68. The Hall–Kier alpha value is -2.48. The van der Waals surface area contributed by atoms with Crippen molar-refractivity contribution < 1.29 is 4.74 Å². The molecule has 1 aliphatic rings. The number of methoxy groups -OCH3 is 1. The molecule has 2 aromatic carbocycles. The van der Waals surface area contributed by atoms with Crippen molar-refractivity contribution in [3.05, 3.63) is 65.3 Å². The standard InChI is InChI=1S/C22H24ClN5OS/c1-16-3-5-17(6-4-16)24-21-15-20(23)25-22(26-21)27-11-13-28(14-12-27)30-19-9-7-18(29-2)8-10-19/h3-10,15H,11-14H2,1-2H3,(H,24,25,26).